The smallest absolute Gasteiger partial charge is 0.444 e. The summed E-state index contributed by atoms with van der Waals surface area (Å²) in [4.78, 5) is 21.6. The fraction of sp³-hybridized carbons (Fsp3) is 0.588. The topological polar surface area (TPSA) is 60.2 Å². The Balaban J connectivity index is 1.94. The van der Waals surface area contributed by atoms with Crippen molar-refractivity contribution in [3.63, 3.8) is 0 Å². The van der Waals surface area contributed by atoms with Gasteiger partial charge in [-0.25, -0.2) is 14.8 Å². The highest BCUT2D eigenvalue weighted by Crippen LogP contribution is 2.35. The van der Waals surface area contributed by atoms with Crippen LogP contribution in [-0.2, 0) is 10.9 Å². The molecule has 9 heteroatoms. The number of hydrogen-bond acceptors (Lipinski definition) is 4. The lowest BCUT2D eigenvalue weighted by Gasteiger charge is -2.35. The number of halogens is 3. The van der Waals surface area contributed by atoms with Crippen molar-refractivity contribution in [1.82, 2.24) is 19.4 Å². The zero-order valence-electron chi connectivity index (χ0n) is 14.9. The molecule has 3 rings (SSSR count). The first-order chi connectivity index (χ1) is 12.1. The number of rotatable bonds is 1. The van der Waals surface area contributed by atoms with Crippen molar-refractivity contribution in [2.24, 2.45) is 0 Å². The summed E-state index contributed by atoms with van der Waals surface area (Å²) in [5.74, 6) is -0.984. The average Bonchev–Trinajstić information content (AvgIpc) is 2.93. The van der Waals surface area contributed by atoms with Crippen molar-refractivity contribution in [3.05, 3.63) is 24.2 Å². The molecule has 1 atom stereocenters. The van der Waals surface area contributed by atoms with Gasteiger partial charge in [0.15, 0.2) is 5.65 Å². The Morgan fingerprint density at radius 3 is 2.69 bits per heavy atom. The fourth-order valence-corrected chi connectivity index (χ4v) is 3.13. The van der Waals surface area contributed by atoms with Gasteiger partial charge in [-0.05, 0) is 45.7 Å². The number of likely N-dealkylation sites (tertiary alicyclic amines) is 1. The van der Waals surface area contributed by atoms with E-state index in [1.807, 2.05) is 0 Å². The molecule has 2 aromatic heterocycles. The van der Waals surface area contributed by atoms with E-state index in [0.717, 1.165) is 4.57 Å². The number of imidazole rings is 1. The van der Waals surface area contributed by atoms with E-state index in [9.17, 15) is 18.0 Å². The third-order valence-corrected chi connectivity index (χ3v) is 4.12. The van der Waals surface area contributed by atoms with E-state index in [0.29, 0.717) is 19.4 Å². The minimum Gasteiger partial charge on any atom is -0.444 e. The first-order valence-electron chi connectivity index (χ1n) is 8.44. The fourth-order valence-electron chi connectivity index (χ4n) is 3.13. The first-order valence-corrected chi connectivity index (χ1v) is 8.44. The number of aromatic nitrogens is 3. The maximum atomic E-state index is 13.5. The molecule has 0 saturated carbocycles. The number of fused-ring (bicyclic) bond motifs is 1. The molecule has 0 aromatic carbocycles. The van der Waals surface area contributed by atoms with Gasteiger partial charge in [0.25, 0.3) is 0 Å². The molecule has 0 unspecified atom stereocenters. The van der Waals surface area contributed by atoms with Crippen LogP contribution in [0.2, 0.25) is 0 Å². The second-order valence-electron chi connectivity index (χ2n) is 7.37. The van der Waals surface area contributed by atoms with Gasteiger partial charge < -0.3 is 14.2 Å². The predicted molar refractivity (Wildman–Crippen MR) is 88.6 cm³/mol. The number of amides is 1. The lowest BCUT2D eigenvalue weighted by Crippen LogP contribution is -2.43. The molecular weight excluding hydrogens is 349 g/mol. The number of carbonyl (C=O) groups is 1. The predicted octanol–water partition coefficient (Wildman–Crippen LogP) is 4.02. The van der Waals surface area contributed by atoms with Crippen LogP contribution in [0.1, 0.15) is 45.5 Å². The van der Waals surface area contributed by atoms with Crippen LogP contribution in [0.4, 0.5) is 18.0 Å². The number of piperidine rings is 1. The van der Waals surface area contributed by atoms with Crippen molar-refractivity contribution < 1.29 is 22.7 Å². The first kappa shape index (κ1) is 18.5. The molecule has 142 valence electrons. The van der Waals surface area contributed by atoms with Gasteiger partial charge in [-0.15, -0.1) is 0 Å². The molecule has 0 N–H and O–H groups in total. The number of nitrogens with zero attached hydrogens (tertiary/aromatic N) is 4. The van der Waals surface area contributed by atoms with Gasteiger partial charge in [0.2, 0.25) is 5.82 Å². The summed E-state index contributed by atoms with van der Waals surface area (Å²) in [6.07, 6.45) is -2.60. The summed E-state index contributed by atoms with van der Waals surface area (Å²) >= 11 is 0. The zero-order valence-corrected chi connectivity index (χ0v) is 14.9. The van der Waals surface area contributed by atoms with E-state index in [1.54, 1.807) is 26.8 Å². The van der Waals surface area contributed by atoms with Gasteiger partial charge in [-0.2, -0.15) is 13.2 Å². The third-order valence-electron chi connectivity index (χ3n) is 4.12. The zero-order chi connectivity index (χ0) is 19.1. The van der Waals surface area contributed by atoms with E-state index >= 15 is 0 Å². The molecule has 0 bridgehead atoms. The number of hydrogen-bond donors (Lipinski definition) is 0. The molecule has 0 radical (unpaired) electrons. The second-order valence-corrected chi connectivity index (χ2v) is 7.37. The summed E-state index contributed by atoms with van der Waals surface area (Å²) in [7, 11) is 0. The average molecular weight is 370 g/mol. The van der Waals surface area contributed by atoms with E-state index in [1.165, 1.54) is 17.2 Å². The normalized spacial score (nSPS) is 19.0. The molecule has 26 heavy (non-hydrogen) atoms. The highest BCUT2D eigenvalue weighted by Gasteiger charge is 2.41. The van der Waals surface area contributed by atoms with Crippen LogP contribution < -0.4 is 0 Å². The minimum atomic E-state index is -4.60. The van der Waals surface area contributed by atoms with E-state index in [2.05, 4.69) is 9.97 Å². The van der Waals surface area contributed by atoms with Crippen LogP contribution >= 0.6 is 0 Å². The van der Waals surface area contributed by atoms with E-state index in [4.69, 9.17) is 4.74 Å². The van der Waals surface area contributed by atoms with Gasteiger partial charge in [-0.1, -0.05) is 0 Å². The Bertz CT molecular complexity index is 810. The lowest BCUT2D eigenvalue weighted by atomic mass is 10.1. The largest absolute Gasteiger partial charge is 0.449 e. The van der Waals surface area contributed by atoms with Crippen molar-refractivity contribution in [2.45, 2.75) is 51.4 Å². The molecule has 1 fully saturated rings. The van der Waals surface area contributed by atoms with Crippen LogP contribution in [0.5, 0.6) is 0 Å². The summed E-state index contributed by atoms with van der Waals surface area (Å²) in [5, 5.41) is 0. The van der Waals surface area contributed by atoms with Gasteiger partial charge in [-0.3, -0.25) is 0 Å². The standard InChI is InChI=1S/C17H21F3N4O2/c1-16(2,3)26-15(25)23-9-5-6-11(10-23)24-13-12(7-4-8-21-13)22-14(24)17(18,19)20/h4,7-8,11H,5-6,9-10H2,1-3H3/t11-/m0/s1. The summed E-state index contributed by atoms with van der Waals surface area (Å²) < 4.78 is 47.0. The minimum absolute atomic E-state index is 0.125. The number of ether oxygens (including phenoxy) is 1. The quantitative estimate of drug-likeness (QED) is 0.761. The molecule has 1 amide bonds. The molecule has 2 aromatic rings. The number of alkyl halides is 3. The highest BCUT2D eigenvalue weighted by molar-refractivity contribution is 5.72. The van der Waals surface area contributed by atoms with Crippen LogP contribution in [0, 0.1) is 0 Å². The highest BCUT2D eigenvalue weighted by atomic mass is 19.4. The lowest BCUT2D eigenvalue weighted by molar-refractivity contribution is -0.148. The molecule has 0 spiro atoms. The summed E-state index contributed by atoms with van der Waals surface area (Å²) in [5.41, 5.74) is -0.296. The van der Waals surface area contributed by atoms with Crippen molar-refractivity contribution >= 4 is 17.3 Å². The molecular formula is C17H21F3N4O2. The Hall–Kier alpha value is -2.32. The molecule has 6 nitrogen and oxygen atoms in total. The second kappa shape index (κ2) is 6.44. The van der Waals surface area contributed by atoms with Gasteiger partial charge in [0.1, 0.15) is 11.1 Å². The maximum Gasteiger partial charge on any atom is 0.449 e. The molecule has 1 aliphatic rings. The summed E-state index contributed by atoms with van der Waals surface area (Å²) in [6.45, 7) is 5.83. The SMILES string of the molecule is CC(C)(C)OC(=O)N1CCC[C@H](n2c(C(F)(F)F)nc3cccnc32)C1. The molecule has 0 aliphatic carbocycles. The Labute approximate surface area is 149 Å². The van der Waals surface area contributed by atoms with Gasteiger partial charge in [0, 0.05) is 19.3 Å². The van der Waals surface area contributed by atoms with E-state index in [-0.39, 0.29) is 17.7 Å². The molecule has 1 saturated heterocycles. The maximum absolute atomic E-state index is 13.5. The van der Waals surface area contributed by atoms with Crippen LogP contribution in [0.3, 0.4) is 0 Å². The Morgan fingerprint density at radius 2 is 2.04 bits per heavy atom. The summed E-state index contributed by atoms with van der Waals surface area (Å²) in [6, 6.07) is 2.49. The van der Waals surface area contributed by atoms with Crippen molar-refractivity contribution in [3.8, 4) is 0 Å². The van der Waals surface area contributed by atoms with Crippen molar-refractivity contribution in [1.29, 1.82) is 0 Å². The molecule has 1 aliphatic heterocycles. The monoisotopic (exact) mass is 370 g/mol. The van der Waals surface area contributed by atoms with Crippen molar-refractivity contribution in [2.75, 3.05) is 13.1 Å². The van der Waals surface area contributed by atoms with Crippen LogP contribution in [-0.4, -0.2) is 44.2 Å². The number of pyridine rings is 1. The van der Waals surface area contributed by atoms with E-state index < -0.39 is 29.7 Å². The molecule has 3 heterocycles. The van der Waals surface area contributed by atoms with Crippen LogP contribution in [0.15, 0.2) is 18.3 Å². The third kappa shape index (κ3) is 3.76. The number of carbonyl (C=O) groups excluding carboxylic acids is 1. The van der Waals surface area contributed by atoms with Crippen LogP contribution in [0.25, 0.3) is 11.2 Å². The van der Waals surface area contributed by atoms with Gasteiger partial charge in [0.05, 0.1) is 6.04 Å². The Kier molecular flexibility index (Phi) is 4.58. The Morgan fingerprint density at radius 1 is 1.31 bits per heavy atom. The van der Waals surface area contributed by atoms with Gasteiger partial charge >= 0.3 is 12.3 Å².